The van der Waals surface area contributed by atoms with E-state index in [4.69, 9.17) is 9.15 Å². The fourth-order valence-corrected chi connectivity index (χ4v) is 2.30. The number of aryl methyl sites for hydroxylation is 1. The summed E-state index contributed by atoms with van der Waals surface area (Å²) < 4.78 is 11.9. The molecule has 0 spiro atoms. The Kier molecular flexibility index (Phi) is 5.48. The third-order valence-electron chi connectivity index (χ3n) is 3.65. The molecule has 1 aromatic carbocycles. The normalized spacial score (nSPS) is 10.5. The fraction of sp³-hybridized carbons (Fsp3) is 0.211. The minimum atomic E-state index is -0.355. The maximum Gasteiger partial charge on any atom is 0.267 e. The summed E-state index contributed by atoms with van der Waals surface area (Å²) in [5, 5.41) is 6.86. The van der Waals surface area contributed by atoms with Crippen LogP contribution >= 0.6 is 0 Å². The molecule has 7 nitrogen and oxygen atoms in total. The van der Waals surface area contributed by atoms with Crippen molar-refractivity contribution in [1.82, 2.24) is 15.1 Å². The molecule has 0 saturated carbocycles. The van der Waals surface area contributed by atoms with Gasteiger partial charge in [0.2, 0.25) is 5.91 Å². The van der Waals surface area contributed by atoms with Gasteiger partial charge in [0, 0.05) is 6.07 Å². The zero-order valence-electron chi connectivity index (χ0n) is 14.3. The van der Waals surface area contributed by atoms with Gasteiger partial charge in [-0.3, -0.25) is 9.59 Å². The van der Waals surface area contributed by atoms with E-state index in [0.717, 1.165) is 16.0 Å². The molecule has 26 heavy (non-hydrogen) atoms. The highest BCUT2D eigenvalue weighted by Gasteiger charge is 2.09. The van der Waals surface area contributed by atoms with Gasteiger partial charge in [0.05, 0.1) is 12.8 Å². The van der Waals surface area contributed by atoms with Crippen LogP contribution in [0.5, 0.6) is 5.75 Å². The van der Waals surface area contributed by atoms with Gasteiger partial charge in [-0.2, -0.15) is 5.10 Å². The van der Waals surface area contributed by atoms with E-state index < -0.39 is 0 Å². The smallest absolute Gasteiger partial charge is 0.267 e. The molecule has 0 aliphatic carbocycles. The van der Waals surface area contributed by atoms with Crippen molar-refractivity contribution in [3.8, 4) is 17.2 Å². The largest absolute Gasteiger partial charge is 0.492 e. The average Bonchev–Trinajstić information content (AvgIpc) is 3.17. The molecule has 2 aromatic heterocycles. The van der Waals surface area contributed by atoms with E-state index in [1.54, 1.807) is 18.2 Å². The average molecular weight is 353 g/mol. The number of aromatic nitrogens is 2. The van der Waals surface area contributed by atoms with Gasteiger partial charge >= 0.3 is 0 Å². The molecule has 1 N–H and O–H groups in total. The Morgan fingerprint density at radius 1 is 1.19 bits per heavy atom. The molecule has 3 aromatic rings. The van der Waals surface area contributed by atoms with Crippen molar-refractivity contribution >= 4 is 5.91 Å². The number of nitrogens with one attached hydrogen (secondary N) is 1. The number of ether oxygens (including phenoxy) is 1. The number of carbonyl (C=O) groups is 1. The minimum Gasteiger partial charge on any atom is -0.492 e. The molecule has 0 aliphatic rings. The first-order valence-corrected chi connectivity index (χ1v) is 8.20. The number of hydrogen-bond donors (Lipinski definition) is 1. The second-order valence-electron chi connectivity index (χ2n) is 5.70. The summed E-state index contributed by atoms with van der Waals surface area (Å²) in [5.41, 5.74) is 1.29. The quantitative estimate of drug-likeness (QED) is 0.657. The van der Waals surface area contributed by atoms with E-state index in [0.29, 0.717) is 24.6 Å². The number of benzene rings is 1. The molecule has 0 atom stereocenters. The van der Waals surface area contributed by atoms with E-state index in [-0.39, 0.29) is 18.0 Å². The van der Waals surface area contributed by atoms with Crippen LogP contribution in [-0.4, -0.2) is 28.8 Å². The molecule has 0 radical (unpaired) electrons. The second kappa shape index (κ2) is 8.15. The Labute approximate surface area is 150 Å². The van der Waals surface area contributed by atoms with Crippen LogP contribution in [0.3, 0.4) is 0 Å². The van der Waals surface area contributed by atoms with Crippen LogP contribution in [-0.2, 0) is 11.3 Å². The van der Waals surface area contributed by atoms with Gasteiger partial charge in [-0.05, 0) is 37.3 Å². The zero-order chi connectivity index (χ0) is 18.4. The molecule has 0 aliphatic heterocycles. The Morgan fingerprint density at radius 2 is 2.00 bits per heavy atom. The molecule has 0 saturated heterocycles. The lowest BCUT2D eigenvalue weighted by Crippen LogP contribution is -2.35. The maximum absolute atomic E-state index is 12.0. The first-order valence-electron chi connectivity index (χ1n) is 8.20. The summed E-state index contributed by atoms with van der Waals surface area (Å²) in [6.07, 6.45) is 1.52. The van der Waals surface area contributed by atoms with Crippen molar-refractivity contribution in [2.24, 2.45) is 0 Å². The van der Waals surface area contributed by atoms with Crippen LogP contribution in [0.15, 0.2) is 64.0 Å². The van der Waals surface area contributed by atoms with Gasteiger partial charge in [-0.25, -0.2) is 4.68 Å². The predicted molar refractivity (Wildman–Crippen MR) is 95.9 cm³/mol. The van der Waals surface area contributed by atoms with Gasteiger partial charge < -0.3 is 14.5 Å². The van der Waals surface area contributed by atoms with Crippen LogP contribution in [0.4, 0.5) is 0 Å². The maximum atomic E-state index is 12.0. The molecular weight excluding hydrogens is 334 g/mol. The summed E-state index contributed by atoms with van der Waals surface area (Å²) >= 11 is 0. The Bertz CT molecular complexity index is 915. The fourth-order valence-electron chi connectivity index (χ4n) is 2.30. The van der Waals surface area contributed by atoms with Crippen LogP contribution in [0, 0.1) is 6.92 Å². The standard InChI is InChI=1S/C19H19N3O4/c1-14-4-6-15(7-5-14)25-12-10-20-18(23)13-22-19(24)9-8-16(21-22)17-3-2-11-26-17/h2-9,11H,10,12-13H2,1H3,(H,20,23). The SMILES string of the molecule is Cc1ccc(OCCNC(=O)Cn2nc(-c3ccco3)ccc2=O)cc1. The van der Waals surface area contributed by atoms with Crippen molar-refractivity contribution < 1.29 is 13.9 Å². The van der Waals surface area contributed by atoms with Crippen LogP contribution in [0.2, 0.25) is 0 Å². The summed E-state index contributed by atoms with van der Waals surface area (Å²) in [7, 11) is 0. The van der Waals surface area contributed by atoms with Crippen LogP contribution < -0.4 is 15.6 Å². The first-order chi connectivity index (χ1) is 12.6. The van der Waals surface area contributed by atoms with E-state index in [1.165, 1.54) is 12.3 Å². The monoisotopic (exact) mass is 353 g/mol. The Hall–Kier alpha value is -3.35. The lowest BCUT2D eigenvalue weighted by Gasteiger charge is -2.09. The molecular formula is C19H19N3O4. The number of amides is 1. The molecule has 1 amide bonds. The summed E-state index contributed by atoms with van der Waals surface area (Å²) in [5.74, 6) is 0.961. The lowest BCUT2D eigenvalue weighted by atomic mass is 10.2. The Morgan fingerprint density at radius 3 is 2.73 bits per heavy atom. The predicted octanol–water partition coefficient (Wildman–Crippen LogP) is 2.01. The van der Waals surface area contributed by atoms with E-state index in [2.05, 4.69) is 10.4 Å². The van der Waals surface area contributed by atoms with Gasteiger partial charge in [0.1, 0.15) is 24.6 Å². The van der Waals surface area contributed by atoms with Gasteiger partial charge in [0.15, 0.2) is 5.76 Å². The third kappa shape index (κ3) is 4.60. The van der Waals surface area contributed by atoms with Crippen LogP contribution in [0.25, 0.3) is 11.5 Å². The lowest BCUT2D eigenvalue weighted by molar-refractivity contribution is -0.122. The minimum absolute atomic E-state index is 0.169. The Balaban J connectivity index is 1.51. The number of carbonyl (C=O) groups excluding carboxylic acids is 1. The molecule has 134 valence electrons. The zero-order valence-corrected chi connectivity index (χ0v) is 14.3. The van der Waals surface area contributed by atoms with Crippen LogP contribution in [0.1, 0.15) is 5.56 Å². The van der Waals surface area contributed by atoms with Crippen molar-refractivity contribution in [2.75, 3.05) is 13.2 Å². The highest BCUT2D eigenvalue weighted by atomic mass is 16.5. The molecule has 2 heterocycles. The highest BCUT2D eigenvalue weighted by Crippen LogP contribution is 2.15. The van der Waals surface area contributed by atoms with Gasteiger partial charge in [0.25, 0.3) is 5.56 Å². The molecule has 0 bridgehead atoms. The van der Waals surface area contributed by atoms with E-state index in [1.807, 2.05) is 31.2 Å². The molecule has 3 rings (SSSR count). The van der Waals surface area contributed by atoms with Gasteiger partial charge in [-0.1, -0.05) is 17.7 Å². The molecule has 0 fully saturated rings. The summed E-state index contributed by atoms with van der Waals surface area (Å²) in [6, 6.07) is 14.0. The first kappa shape index (κ1) is 17.5. The summed E-state index contributed by atoms with van der Waals surface area (Å²) in [4.78, 5) is 23.9. The van der Waals surface area contributed by atoms with Crippen molar-refractivity contribution in [3.63, 3.8) is 0 Å². The topological polar surface area (TPSA) is 86.4 Å². The van der Waals surface area contributed by atoms with Crippen molar-refractivity contribution in [3.05, 3.63) is 70.7 Å². The van der Waals surface area contributed by atoms with Crippen molar-refractivity contribution in [1.29, 1.82) is 0 Å². The van der Waals surface area contributed by atoms with E-state index in [9.17, 15) is 9.59 Å². The van der Waals surface area contributed by atoms with E-state index >= 15 is 0 Å². The molecule has 7 heteroatoms. The van der Waals surface area contributed by atoms with Crippen molar-refractivity contribution in [2.45, 2.75) is 13.5 Å². The number of furan rings is 1. The van der Waals surface area contributed by atoms with Gasteiger partial charge in [-0.15, -0.1) is 0 Å². The third-order valence-corrected chi connectivity index (χ3v) is 3.65. The number of rotatable bonds is 7. The highest BCUT2D eigenvalue weighted by molar-refractivity contribution is 5.75. The second-order valence-corrected chi connectivity index (χ2v) is 5.70. The number of nitrogens with zero attached hydrogens (tertiary/aromatic N) is 2. The summed E-state index contributed by atoms with van der Waals surface area (Å²) in [6.45, 7) is 2.50. The molecule has 0 unspecified atom stereocenters. The number of hydrogen-bond acceptors (Lipinski definition) is 5.